The number of furan rings is 2. The van der Waals surface area contributed by atoms with Crippen LogP contribution in [0, 0.1) is 17.9 Å². The summed E-state index contributed by atoms with van der Waals surface area (Å²) >= 11 is 0. The SMILES string of the molecule is [C-]#[N+]c1c(-n2c3ccc(-c4ccc5c(c4)c4ccccc4n5-c4ccccc4)cc3c3c4oc5ccccc5c4ccc32)cc(C#N)cc1-n1c2ccc(-c3ccc4c(c3)c3ccccc3n4-c3ccccc3)cc2c2c3oc4ccccc4c3ccc21. The van der Waals surface area contributed by atoms with Gasteiger partial charge in [0, 0.05) is 65.2 Å². The first-order valence-electron chi connectivity index (χ1n) is 29.5. The van der Waals surface area contributed by atoms with Crippen LogP contribution >= 0.6 is 0 Å². The van der Waals surface area contributed by atoms with Gasteiger partial charge in [-0.25, -0.2) is 4.85 Å². The van der Waals surface area contributed by atoms with E-state index >= 15 is 0 Å². The van der Waals surface area contributed by atoms with Crippen LogP contribution in [0.5, 0.6) is 0 Å². The van der Waals surface area contributed by atoms with Crippen LogP contribution in [0.15, 0.2) is 276 Å². The minimum absolute atomic E-state index is 0.389. The molecule has 8 nitrogen and oxygen atoms in total. The summed E-state index contributed by atoms with van der Waals surface area (Å²) in [5, 5.41) is 23.7. The van der Waals surface area contributed by atoms with E-state index in [2.05, 4.69) is 248 Å². The maximum Gasteiger partial charge on any atom is 0.234 e. The largest absolute Gasteiger partial charge is 0.455 e. The number of aromatic nitrogens is 4. The topological polar surface area (TPSA) is 74.2 Å². The summed E-state index contributed by atoms with van der Waals surface area (Å²) in [6.07, 6.45) is 0. The van der Waals surface area contributed by atoms with Gasteiger partial charge in [0.15, 0.2) is 0 Å². The molecule has 0 amide bonds. The predicted molar refractivity (Wildman–Crippen MR) is 360 cm³/mol. The summed E-state index contributed by atoms with van der Waals surface area (Å²) < 4.78 is 22.8. The average molecular weight is 1120 g/mol. The van der Waals surface area contributed by atoms with E-state index in [1.165, 1.54) is 10.8 Å². The first-order valence-corrected chi connectivity index (χ1v) is 29.5. The van der Waals surface area contributed by atoms with E-state index in [0.717, 1.165) is 154 Å². The van der Waals surface area contributed by atoms with Crippen molar-refractivity contribution in [2.45, 2.75) is 0 Å². The molecule has 19 aromatic rings. The Kier molecular flexibility index (Phi) is 9.87. The number of fused-ring (bicyclic) bond motifs is 20. The van der Waals surface area contributed by atoms with Gasteiger partial charge in [-0.05, 0) is 156 Å². The first kappa shape index (κ1) is 48.1. The van der Waals surface area contributed by atoms with E-state index in [1.54, 1.807) is 0 Å². The van der Waals surface area contributed by atoms with E-state index in [1.807, 2.05) is 48.5 Å². The highest BCUT2D eigenvalue weighted by Crippen LogP contribution is 2.49. The minimum Gasteiger partial charge on any atom is -0.455 e. The Morgan fingerprint density at radius 3 is 1.08 bits per heavy atom. The second-order valence-corrected chi connectivity index (χ2v) is 22.9. The third-order valence-electron chi connectivity index (χ3n) is 18.4. The van der Waals surface area contributed by atoms with Gasteiger partial charge in [-0.1, -0.05) is 133 Å². The highest BCUT2D eigenvalue weighted by molar-refractivity contribution is 6.27. The van der Waals surface area contributed by atoms with Gasteiger partial charge in [0.25, 0.3) is 0 Å². The monoisotopic (exact) mass is 1120 g/mol. The van der Waals surface area contributed by atoms with Crippen molar-refractivity contribution < 1.29 is 8.83 Å². The fourth-order valence-electron chi connectivity index (χ4n) is 14.6. The van der Waals surface area contributed by atoms with Crippen LogP contribution in [0.3, 0.4) is 0 Å². The van der Waals surface area contributed by atoms with Gasteiger partial charge >= 0.3 is 0 Å². The number of para-hydroxylation sites is 6. The molecule has 0 radical (unpaired) electrons. The number of benzene rings is 13. The van der Waals surface area contributed by atoms with Gasteiger partial charge in [-0.2, -0.15) is 5.26 Å². The highest BCUT2D eigenvalue weighted by atomic mass is 16.3. The zero-order valence-electron chi connectivity index (χ0n) is 46.9. The summed E-state index contributed by atoms with van der Waals surface area (Å²) in [7, 11) is 0. The van der Waals surface area contributed by atoms with E-state index in [0.29, 0.717) is 22.6 Å². The summed E-state index contributed by atoms with van der Waals surface area (Å²) in [6, 6.07) is 96.3. The molecule has 0 spiro atoms. The number of hydrogen-bond acceptors (Lipinski definition) is 3. The van der Waals surface area contributed by atoms with Crippen molar-refractivity contribution in [3.8, 4) is 51.1 Å². The summed E-state index contributed by atoms with van der Waals surface area (Å²) in [6.45, 7) is 9.33. The van der Waals surface area contributed by atoms with Crippen molar-refractivity contribution in [2.24, 2.45) is 0 Å². The van der Waals surface area contributed by atoms with Crippen LogP contribution in [0.2, 0.25) is 0 Å². The molecule has 8 heteroatoms. The normalized spacial score (nSPS) is 12.1. The van der Waals surface area contributed by atoms with Gasteiger partial charge in [-0.15, -0.1) is 0 Å². The molecule has 88 heavy (non-hydrogen) atoms. The Morgan fingerprint density at radius 2 is 0.659 bits per heavy atom. The van der Waals surface area contributed by atoms with Crippen molar-refractivity contribution >= 4 is 137 Å². The molecule has 0 atom stereocenters. The molecule has 0 aliphatic rings. The number of nitrogens with zero attached hydrogens (tertiary/aromatic N) is 6. The molecule has 0 bridgehead atoms. The highest BCUT2D eigenvalue weighted by Gasteiger charge is 2.27. The summed E-state index contributed by atoms with van der Waals surface area (Å²) in [4.78, 5) is 4.51. The summed E-state index contributed by atoms with van der Waals surface area (Å²) in [5.74, 6) is 0. The van der Waals surface area contributed by atoms with E-state index in [9.17, 15) is 11.8 Å². The molecule has 0 fully saturated rings. The van der Waals surface area contributed by atoms with Gasteiger partial charge in [0.05, 0.1) is 84.5 Å². The molecule has 0 aliphatic heterocycles. The molecule has 0 saturated heterocycles. The van der Waals surface area contributed by atoms with E-state index in [-0.39, 0.29) is 0 Å². The molecule has 0 saturated carbocycles. The summed E-state index contributed by atoms with van der Waals surface area (Å²) in [5.41, 5.74) is 19.5. The second-order valence-electron chi connectivity index (χ2n) is 22.9. The maximum absolute atomic E-state index is 11.2. The van der Waals surface area contributed by atoms with Crippen molar-refractivity contribution in [3.05, 3.63) is 284 Å². The zero-order chi connectivity index (χ0) is 57.9. The number of rotatable bonds is 6. The van der Waals surface area contributed by atoms with Crippen LogP contribution in [0.1, 0.15) is 5.56 Å². The van der Waals surface area contributed by atoms with Gasteiger partial charge in [-0.3, -0.25) is 0 Å². The molecule has 6 heterocycles. The predicted octanol–water partition coefficient (Wildman–Crippen LogP) is 21.6. The smallest absolute Gasteiger partial charge is 0.234 e. The Bertz CT molecular complexity index is 5960. The van der Waals surface area contributed by atoms with E-state index in [4.69, 9.17) is 8.83 Å². The quantitative estimate of drug-likeness (QED) is 0.156. The van der Waals surface area contributed by atoms with Crippen molar-refractivity contribution in [2.75, 3.05) is 0 Å². The lowest BCUT2D eigenvalue weighted by Gasteiger charge is -2.17. The first-order chi connectivity index (χ1) is 43.6. The molecule has 0 aliphatic carbocycles. The fourth-order valence-corrected chi connectivity index (χ4v) is 14.6. The van der Waals surface area contributed by atoms with E-state index < -0.39 is 0 Å². The third-order valence-corrected chi connectivity index (χ3v) is 18.4. The van der Waals surface area contributed by atoms with Crippen LogP contribution in [0.4, 0.5) is 5.69 Å². The molecular weight excluding hydrogens is 1080 g/mol. The Morgan fingerprint density at radius 1 is 0.307 bits per heavy atom. The third kappa shape index (κ3) is 6.65. The maximum atomic E-state index is 11.2. The minimum atomic E-state index is 0.389. The van der Waals surface area contributed by atoms with Gasteiger partial charge < -0.3 is 27.1 Å². The lowest BCUT2D eigenvalue weighted by atomic mass is 10.00. The van der Waals surface area contributed by atoms with Crippen molar-refractivity contribution in [1.82, 2.24) is 18.3 Å². The average Bonchev–Trinajstić information content (AvgIpc) is 1.62. The van der Waals surface area contributed by atoms with Crippen molar-refractivity contribution in [3.63, 3.8) is 0 Å². The lowest BCUT2D eigenvalue weighted by molar-refractivity contribution is 0.672. The van der Waals surface area contributed by atoms with Crippen LogP contribution in [-0.2, 0) is 0 Å². The fraction of sp³-hybridized carbons (Fsp3) is 0. The molecule has 0 unspecified atom stereocenters. The molecular formula is C80H44N6O2. The Labute approximate surface area is 501 Å². The molecule has 13 aromatic carbocycles. The number of hydrogen-bond donors (Lipinski definition) is 0. The second kappa shape index (κ2) is 18.1. The Balaban J connectivity index is 0.850. The van der Waals surface area contributed by atoms with Gasteiger partial charge in [0.2, 0.25) is 5.69 Å². The lowest BCUT2D eigenvalue weighted by Crippen LogP contribution is -2.01. The molecule has 19 rings (SSSR count). The number of nitriles is 1. The zero-order valence-corrected chi connectivity index (χ0v) is 46.9. The van der Waals surface area contributed by atoms with Crippen LogP contribution in [0.25, 0.3) is 181 Å². The van der Waals surface area contributed by atoms with Gasteiger partial charge in [0.1, 0.15) is 22.3 Å². The van der Waals surface area contributed by atoms with Crippen LogP contribution in [-0.4, -0.2) is 18.3 Å². The standard InChI is InChI=1S/C80H44N6O2/c1-82-78-72(85-68-36-30-50(44-62(68)76-70(85)38-32-58-56-22-10-14-26-74(56)87-79(58)76)48-28-34-66-60(42-48)54-20-8-12-24-64(54)83(66)52-16-4-2-5-17-52)40-47(46-81)41-73(78)86-69-37-31-51(45-63(69)77-71(86)39-33-59-57-23-11-15-27-75(57)88-80(59)77)49-29-35-67-61(43-49)55-21-9-13-25-65(55)84(67)53-18-6-3-7-19-53/h2-45H. The molecule has 406 valence electrons. The molecule has 6 aromatic heterocycles. The molecule has 0 N–H and O–H groups in total. The van der Waals surface area contributed by atoms with Crippen LogP contribution < -0.4 is 0 Å². The van der Waals surface area contributed by atoms with Crippen molar-refractivity contribution in [1.29, 1.82) is 5.26 Å². The Hall–Kier alpha value is -12.4.